The molecule has 0 aromatic heterocycles. The van der Waals surface area contributed by atoms with Crippen molar-refractivity contribution in [2.45, 2.75) is 76.4 Å². The Kier molecular flexibility index (Phi) is 22.6. The van der Waals surface area contributed by atoms with Gasteiger partial charge in [0.05, 0.1) is 61.8 Å². The largest absolute Gasteiger partial charge is 0.490 e. The SMILES string of the molecule is Cc1c(COc2ccc(CNC(CO)(CO)CO)cc2C(F)F)cccc1-c1cccc(COc2ccc(CNC(CO)(CO)CO)cc2C(F)F)c1C.O=C(O)C(F)(F)F.O=C(O)C(F)(F)F. The molecule has 0 amide bonds. The average molecular weight is 989 g/mol. The molecule has 0 atom stereocenters. The molecular weight excluding hydrogens is 938 g/mol. The Morgan fingerprint density at radius 2 is 0.824 bits per heavy atom. The third kappa shape index (κ3) is 16.9. The molecule has 0 heterocycles. The van der Waals surface area contributed by atoms with E-state index in [1.54, 1.807) is 12.1 Å². The van der Waals surface area contributed by atoms with Crippen molar-refractivity contribution in [1.82, 2.24) is 10.6 Å². The highest BCUT2D eigenvalue weighted by atomic mass is 19.4. The second-order valence-corrected chi connectivity index (χ2v) is 14.9. The lowest BCUT2D eigenvalue weighted by Gasteiger charge is -2.29. The third-order valence-corrected chi connectivity index (χ3v) is 10.2. The van der Waals surface area contributed by atoms with Crippen molar-refractivity contribution in [2.24, 2.45) is 0 Å². The second-order valence-electron chi connectivity index (χ2n) is 14.9. The van der Waals surface area contributed by atoms with E-state index in [0.717, 1.165) is 33.4 Å². The van der Waals surface area contributed by atoms with Crippen molar-refractivity contribution in [3.05, 3.63) is 117 Å². The number of nitrogens with one attached hydrogen (secondary N) is 2. The molecule has 24 heteroatoms. The van der Waals surface area contributed by atoms with Gasteiger partial charge in [-0.05, 0) is 82.6 Å². The summed E-state index contributed by atoms with van der Waals surface area (Å²) in [5.41, 5.74) is 2.42. The minimum absolute atomic E-state index is 0.00679. The number of benzene rings is 4. The first-order chi connectivity index (χ1) is 31.8. The summed E-state index contributed by atoms with van der Waals surface area (Å²) in [4.78, 5) is 17.8. The van der Waals surface area contributed by atoms with Gasteiger partial charge in [0.1, 0.15) is 24.7 Å². The first kappa shape index (κ1) is 58.5. The lowest BCUT2D eigenvalue weighted by atomic mass is 9.92. The van der Waals surface area contributed by atoms with Crippen LogP contribution in [0.1, 0.15) is 57.4 Å². The van der Waals surface area contributed by atoms with Crippen LogP contribution in [-0.4, -0.2) is 116 Å². The smallest absolute Gasteiger partial charge is 0.488 e. The predicted molar refractivity (Wildman–Crippen MR) is 222 cm³/mol. The van der Waals surface area contributed by atoms with Crippen LogP contribution in [-0.2, 0) is 35.9 Å². The van der Waals surface area contributed by atoms with Gasteiger partial charge in [-0.1, -0.05) is 48.5 Å². The minimum atomic E-state index is -5.08. The third-order valence-electron chi connectivity index (χ3n) is 10.2. The summed E-state index contributed by atoms with van der Waals surface area (Å²) in [7, 11) is 0. The molecule has 10 N–H and O–H groups in total. The highest BCUT2D eigenvalue weighted by Crippen LogP contribution is 2.35. The van der Waals surface area contributed by atoms with Gasteiger partial charge < -0.3 is 61.0 Å². The zero-order valence-corrected chi connectivity index (χ0v) is 36.1. The summed E-state index contributed by atoms with van der Waals surface area (Å²) >= 11 is 0. The van der Waals surface area contributed by atoms with Gasteiger partial charge >= 0.3 is 24.3 Å². The van der Waals surface area contributed by atoms with Crippen molar-refractivity contribution in [3.8, 4) is 22.6 Å². The quantitative estimate of drug-likeness (QED) is 0.0439. The Morgan fingerprint density at radius 3 is 1.07 bits per heavy atom. The Balaban J connectivity index is 0.000000982. The number of ether oxygens (including phenoxy) is 2. The number of carboxylic acids is 2. The average Bonchev–Trinajstić information content (AvgIpc) is 3.29. The molecule has 4 aromatic carbocycles. The molecule has 0 fully saturated rings. The molecule has 4 aromatic rings. The van der Waals surface area contributed by atoms with Gasteiger partial charge in [-0.2, -0.15) is 26.3 Å². The number of rotatable bonds is 21. The van der Waals surface area contributed by atoms with Gasteiger partial charge in [0, 0.05) is 13.1 Å². The van der Waals surface area contributed by atoms with Gasteiger partial charge in [-0.25, -0.2) is 27.2 Å². The monoisotopic (exact) mass is 988 g/mol. The van der Waals surface area contributed by atoms with E-state index in [1.807, 2.05) is 50.2 Å². The van der Waals surface area contributed by atoms with Gasteiger partial charge in [0.25, 0.3) is 12.9 Å². The lowest BCUT2D eigenvalue weighted by Crippen LogP contribution is -2.54. The lowest BCUT2D eigenvalue weighted by molar-refractivity contribution is -0.193. The zero-order chi connectivity index (χ0) is 51.6. The number of carboxylic acid groups (broad SMARTS) is 2. The summed E-state index contributed by atoms with van der Waals surface area (Å²) in [6.07, 6.45) is -15.9. The van der Waals surface area contributed by atoms with Gasteiger partial charge in [-0.3, -0.25) is 0 Å². The fraction of sp³-hybridized carbons (Fsp3) is 0.409. The molecule has 68 heavy (non-hydrogen) atoms. The van der Waals surface area contributed by atoms with Crippen molar-refractivity contribution in [2.75, 3.05) is 39.6 Å². The van der Waals surface area contributed by atoms with Gasteiger partial charge in [-0.15, -0.1) is 0 Å². The Bertz CT molecular complexity index is 2070. The molecule has 0 unspecified atom stereocenters. The van der Waals surface area contributed by atoms with E-state index in [1.165, 1.54) is 24.3 Å². The number of aliphatic hydroxyl groups is 6. The minimum Gasteiger partial charge on any atom is -0.488 e. The highest BCUT2D eigenvalue weighted by molar-refractivity contribution is 5.74. The Morgan fingerprint density at radius 1 is 0.529 bits per heavy atom. The molecule has 4 rings (SSSR count). The van der Waals surface area contributed by atoms with E-state index in [-0.39, 0.29) is 48.9 Å². The molecule has 0 saturated carbocycles. The summed E-state index contributed by atoms with van der Waals surface area (Å²) in [6, 6.07) is 19.8. The fourth-order valence-electron chi connectivity index (χ4n) is 5.81. The predicted octanol–water partition coefficient (Wildman–Crippen LogP) is 5.88. The van der Waals surface area contributed by atoms with E-state index < -0.39 is 87.9 Å². The van der Waals surface area contributed by atoms with E-state index in [0.29, 0.717) is 11.1 Å². The van der Waals surface area contributed by atoms with Crippen LogP contribution in [0.4, 0.5) is 43.9 Å². The number of halogens is 10. The summed E-state index contributed by atoms with van der Waals surface area (Å²) in [5.74, 6) is -5.53. The maximum absolute atomic E-state index is 14.1. The molecule has 0 aliphatic heterocycles. The number of carbonyl (C=O) groups is 2. The van der Waals surface area contributed by atoms with Gasteiger partial charge in [0.2, 0.25) is 0 Å². The molecule has 0 aliphatic rings. The van der Waals surface area contributed by atoms with Crippen LogP contribution in [0.5, 0.6) is 11.5 Å². The number of alkyl halides is 10. The summed E-state index contributed by atoms with van der Waals surface area (Å²) < 4.78 is 132. The van der Waals surface area contributed by atoms with Crippen LogP contribution >= 0.6 is 0 Å². The van der Waals surface area contributed by atoms with Crippen molar-refractivity contribution in [3.63, 3.8) is 0 Å². The number of aliphatic hydroxyl groups excluding tert-OH is 6. The zero-order valence-electron chi connectivity index (χ0n) is 36.1. The Hall–Kier alpha value is -5.60. The summed E-state index contributed by atoms with van der Waals surface area (Å²) in [6.45, 7) is 0.475. The first-order valence-electron chi connectivity index (χ1n) is 19.8. The molecule has 0 saturated heterocycles. The second kappa shape index (κ2) is 26.2. The molecule has 378 valence electrons. The maximum atomic E-state index is 14.1. The van der Waals surface area contributed by atoms with E-state index in [9.17, 15) is 74.5 Å². The standard InChI is InChI=1S/C40H48F4N2O8.2C2HF3O2/c1-25-29(17-53-35-11-9-27(13-33(35)37(41)42)15-45-39(19-47,20-48)21-49)5-3-7-31(25)32-8-4-6-30(26(32)2)18-54-36-12-10-28(14-34(36)38(43)44)16-46-40(22-50,23-51)24-52;2*3-2(4,5)1(6)7/h3-14,37-38,45-52H,15-24H2,1-2H3;2*(H,6,7). The molecule has 14 nitrogen and oxygen atoms in total. The van der Waals surface area contributed by atoms with Gasteiger partial charge in [0.15, 0.2) is 0 Å². The summed E-state index contributed by atoms with van der Waals surface area (Å²) in [5, 5.41) is 77.2. The van der Waals surface area contributed by atoms with E-state index in [4.69, 9.17) is 29.3 Å². The van der Waals surface area contributed by atoms with E-state index in [2.05, 4.69) is 10.6 Å². The number of aliphatic carboxylic acids is 2. The van der Waals surface area contributed by atoms with Crippen molar-refractivity contribution < 1.29 is 104 Å². The maximum Gasteiger partial charge on any atom is 0.490 e. The van der Waals surface area contributed by atoms with Crippen molar-refractivity contribution >= 4 is 11.9 Å². The molecular formula is C44H50F10N2O12. The van der Waals surface area contributed by atoms with Crippen LogP contribution in [0.25, 0.3) is 11.1 Å². The molecule has 0 radical (unpaired) electrons. The van der Waals surface area contributed by atoms with Crippen LogP contribution < -0.4 is 20.1 Å². The molecule has 0 spiro atoms. The van der Waals surface area contributed by atoms with Crippen LogP contribution in [0.3, 0.4) is 0 Å². The number of hydrogen-bond acceptors (Lipinski definition) is 12. The molecule has 0 bridgehead atoms. The topological polar surface area (TPSA) is 238 Å². The normalized spacial score (nSPS) is 12.0. The highest BCUT2D eigenvalue weighted by Gasteiger charge is 2.39. The Labute approximate surface area is 382 Å². The van der Waals surface area contributed by atoms with Crippen LogP contribution in [0.2, 0.25) is 0 Å². The van der Waals surface area contributed by atoms with Crippen molar-refractivity contribution in [1.29, 1.82) is 0 Å². The number of hydrogen-bond donors (Lipinski definition) is 10. The molecule has 0 aliphatic carbocycles. The van der Waals surface area contributed by atoms with Crippen LogP contribution in [0.15, 0.2) is 72.8 Å². The van der Waals surface area contributed by atoms with Crippen LogP contribution in [0, 0.1) is 13.8 Å². The first-order valence-corrected chi connectivity index (χ1v) is 19.8. The fourth-order valence-corrected chi connectivity index (χ4v) is 5.81. The van der Waals surface area contributed by atoms with E-state index >= 15 is 0 Å².